The van der Waals surface area contributed by atoms with E-state index in [0.29, 0.717) is 12.1 Å². The first-order valence-electron chi connectivity index (χ1n) is 8.90. The molecule has 1 aliphatic heterocycles. The lowest BCUT2D eigenvalue weighted by atomic mass is 10.1. The molecule has 0 spiro atoms. The fourth-order valence-electron chi connectivity index (χ4n) is 3.14. The molecule has 0 radical (unpaired) electrons. The van der Waals surface area contributed by atoms with E-state index >= 15 is 0 Å². The molecule has 2 N–H and O–H groups in total. The van der Waals surface area contributed by atoms with E-state index in [1.807, 2.05) is 32.0 Å². The minimum atomic E-state index is -0.204. The smallest absolute Gasteiger partial charge is 0.251 e. The van der Waals surface area contributed by atoms with Gasteiger partial charge in [-0.15, -0.1) is 0 Å². The molecule has 0 bridgehead atoms. The van der Waals surface area contributed by atoms with Gasteiger partial charge in [-0.25, -0.2) is 0 Å². The molecule has 1 fully saturated rings. The molecule has 1 saturated heterocycles. The van der Waals surface area contributed by atoms with Gasteiger partial charge in [0.25, 0.3) is 5.91 Å². The highest BCUT2D eigenvalue weighted by atomic mass is 16.2. The molecule has 0 saturated carbocycles. The Morgan fingerprint density at radius 1 is 0.958 bits per heavy atom. The fourth-order valence-corrected chi connectivity index (χ4v) is 3.14. The van der Waals surface area contributed by atoms with Gasteiger partial charge in [-0.1, -0.05) is 30.0 Å². The van der Waals surface area contributed by atoms with Gasteiger partial charge in [-0.05, 0) is 51.9 Å². The Kier molecular flexibility index (Phi) is 7.25. The van der Waals surface area contributed by atoms with Gasteiger partial charge in [0.1, 0.15) is 0 Å². The highest BCUT2D eigenvalue weighted by molar-refractivity contribution is 5.96. The largest absolute Gasteiger partial charge is 0.353 e. The van der Waals surface area contributed by atoms with Crippen LogP contribution in [0.2, 0.25) is 0 Å². The zero-order chi connectivity index (χ0) is 17.4. The van der Waals surface area contributed by atoms with Crippen molar-refractivity contribution >= 4 is 11.8 Å². The first kappa shape index (κ1) is 18.5. The molecule has 5 nitrogen and oxygen atoms in total. The molecule has 1 aromatic rings. The van der Waals surface area contributed by atoms with Crippen molar-refractivity contribution in [3.8, 4) is 0 Å². The van der Waals surface area contributed by atoms with E-state index in [4.69, 9.17) is 0 Å². The van der Waals surface area contributed by atoms with Crippen LogP contribution in [0.25, 0.3) is 0 Å². The first-order chi connectivity index (χ1) is 11.5. The highest BCUT2D eigenvalue weighted by Crippen LogP contribution is 2.09. The van der Waals surface area contributed by atoms with Crippen LogP contribution in [0, 0.1) is 13.8 Å². The van der Waals surface area contributed by atoms with Gasteiger partial charge in [0.2, 0.25) is 5.91 Å². The summed E-state index contributed by atoms with van der Waals surface area (Å²) in [6.45, 7) is 7.71. The molecule has 2 rings (SSSR count). The molecule has 1 heterocycles. The minimum absolute atomic E-state index is 0.0197. The normalized spacial score (nSPS) is 15.6. The molecular weight excluding hydrogens is 302 g/mol. The number of hydrogen-bond acceptors (Lipinski definition) is 3. The zero-order valence-corrected chi connectivity index (χ0v) is 14.9. The summed E-state index contributed by atoms with van der Waals surface area (Å²) >= 11 is 0. The Hall–Kier alpha value is -1.88. The number of carbonyl (C=O) groups excluding carboxylic acids is 2. The summed E-state index contributed by atoms with van der Waals surface area (Å²) in [4.78, 5) is 26.4. The maximum atomic E-state index is 12.1. The summed E-state index contributed by atoms with van der Waals surface area (Å²) in [5.41, 5.74) is 2.69. The van der Waals surface area contributed by atoms with E-state index in [1.54, 1.807) is 0 Å². The molecule has 132 valence electrons. The molecule has 2 amide bonds. The molecular formula is C19H29N3O2. The van der Waals surface area contributed by atoms with E-state index in [1.165, 1.54) is 25.7 Å². The van der Waals surface area contributed by atoms with Crippen LogP contribution in [0.4, 0.5) is 0 Å². The van der Waals surface area contributed by atoms with Gasteiger partial charge in [-0.3, -0.25) is 9.59 Å². The maximum absolute atomic E-state index is 12.1. The van der Waals surface area contributed by atoms with Gasteiger partial charge in [0.15, 0.2) is 0 Å². The Morgan fingerprint density at radius 2 is 1.58 bits per heavy atom. The van der Waals surface area contributed by atoms with Crippen molar-refractivity contribution < 1.29 is 9.59 Å². The van der Waals surface area contributed by atoms with Crippen LogP contribution in [0.15, 0.2) is 18.2 Å². The van der Waals surface area contributed by atoms with Crippen LogP contribution >= 0.6 is 0 Å². The number of benzene rings is 1. The predicted octanol–water partition coefficient (Wildman–Crippen LogP) is 2.03. The third kappa shape index (κ3) is 6.32. The average Bonchev–Trinajstić information content (AvgIpc) is 2.80. The fraction of sp³-hybridized carbons (Fsp3) is 0.579. The summed E-state index contributed by atoms with van der Waals surface area (Å²) < 4.78 is 0. The maximum Gasteiger partial charge on any atom is 0.251 e. The number of hydrogen-bond donors (Lipinski definition) is 2. The lowest BCUT2D eigenvalue weighted by molar-refractivity contribution is -0.120. The van der Waals surface area contributed by atoms with Gasteiger partial charge < -0.3 is 15.5 Å². The standard InChI is InChI=1S/C19H29N3O2/c1-15-11-16(2)13-17(12-15)19(24)21-14-18(23)20-7-10-22-8-5-3-4-6-9-22/h11-13H,3-10,14H2,1-2H3,(H,20,23)(H,21,24). The number of amides is 2. The van der Waals surface area contributed by atoms with Crippen molar-refractivity contribution in [3.05, 3.63) is 34.9 Å². The van der Waals surface area contributed by atoms with Crippen molar-refractivity contribution in [3.63, 3.8) is 0 Å². The second-order valence-electron chi connectivity index (χ2n) is 6.66. The van der Waals surface area contributed by atoms with Crippen LogP contribution < -0.4 is 10.6 Å². The Labute approximate surface area is 144 Å². The van der Waals surface area contributed by atoms with Gasteiger partial charge in [0, 0.05) is 18.7 Å². The Bertz CT molecular complexity index is 543. The first-order valence-corrected chi connectivity index (χ1v) is 8.90. The number of aryl methyl sites for hydroxylation is 2. The number of nitrogens with one attached hydrogen (secondary N) is 2. The summed E-state index contributed by atoms with van der Waals surface area (Å²) in [5.74, 6) is -0.341. The Morgan fingerprint density at radius 3 is 2.21 bits per heavy atom. The molecule has 5 heteroatoms. The van der Waals surface area contributed by atoms with E-state index < -0.39 is 0 Å². The van der Waals surface area contributed by atoms with Crippen LogP contribution in [-0.4, -0.2) is 49.4 Å². The van der Waals surface area contributed by atoms with Crippen LogP contribution in [-0.2, 0) is 4.79 Å². The lowest BCUT2D eigenvalue weighted by Gasteiger charge is -2.19. The Balaban J connectivity index is 1.67. The van der Waals surface area contributed by atoms with Crippen LogP contribution in [0.3, 0.4) is 0 Å². The summed E-state index contributed by atoms with van der Waals surface area (Å²) in [6.07, 6.45) is 5.13. The highest BCUT2D eigenvalue weighted by Gasteiger charge is 2.11. The van der Waals surface area contributed by atoms with E-state index in [-0.39, 0.29) is 18.4 Å². The lowest BCUT2D eigenvalue weighted by Crippen LogP contribution is -2.40. The quantitative estimate of drug-likeness (QED) is 0.838. The second-order valence-corrected chi connectivity index (χ2v) is 6.66. The van der Waals surface area contributed by atoms with Crippen LogP contribution in [0.5, 0.6) is 0 Å². The number of carbonyl (C=O) groups is 2. The van der Waals surface area contributed by atoms with Crippen molar-refractivity contribution in [2.24, 2.45) is 0 Å². The summed E-state index contributed by atoms with van der Waals surface area (Å²) in [6, 6.07) is 5.69. The third-order valence-corrected chi connectivity index (χ3v) is 4.34. The van der Waals surface area contributed by atoms with Gasteiger partial charge in [0.05, 0.1) is 6.54 Å². The topological polar surface area (TPSA) is 61.4 Å². The minimum Gasteiger partial charge on any atom is -0.353 e. The van der Waals surface area contributed by atoms with Crippen LogP contribution in [0.1, 0.15) is 47.2 Å². The summed E-state index contributed by atoms with van der Waals surface area (Å²) in [5, 5.41) is 5.57. The molecule has 0 unspecified atom stereocenters. The van der Waals surface area contributed by atoms with Crippen molar-refractivity contribution in [2.75, 3.05) is 32.7 Å². The zero-order valence-electron chi connectivity index (χ0n) is 14.9. The molecule has 0 aliphatic carbocycles. The van der Waals surface area contributed by atoms with Gasteiger partial charge >= 0.3 is 0 Å². The predicted molar refractivity (Wildman–Crippen MR) is 96.2 cm³/mol. The number of rotatable bonds is 6. The molecule has 1 aliphatic rings. The van der Waals surface area contributed by atoms with Gasteiger partial charge in [-0.2, -0.15) is 0 Å². The summed E-state index contributed by atoms with van der Waals surface area (Å²) in [7, 11) is 0. The van der Waals surface area contributed by atoms with E-state index in [0.717, 1.165) is 30.8 Å². The monoisotopic (exact) mass is 331 g/mol. The van der Waals surface area contributed by atoms with E-state index in [2.05, 4.69) is 15.5 Å². The third-order valence-electron chi connectivity index (χ3n) is 4.34. The molecule has 24 heavy (non-hydrogen) atoms. The molecule has 1 aromatic carbocycles. The number of nitrogens with zero attached hydrogens (tertiary/aromatic N) is 1. The van der Waals surface area contributed by atoms with E-state index in [9.17, 15) is 9.59 Å². The van der Waals surface area contributed by atoms with Crippen molar-refractivity contribution in [2.45, 2.75) is 39.5 Å². The van der Waals surface area contributed by atoms with Crippen molar-refractivity contribution in [1.29, 1.82) is 0 Å². The number of likely N-dealkylation sites (tertiary alicyclic amines) is 1. The SMILES string of the molecule is Cc1cc(C)cc(C(=O)NCC(=O)NCCN2CCCCCC2)c1. The second kappa shape index (κ2) is 9.42. The molecule has 0 aromatic heterocycles. The van der Waals surface area contributed by atoms with Crippen molar-refractivity contribution in [1.82, 2.24) is 15.5 Å². The molecule has 0 atom stereocenters. The average molecular weight is 331 g/mol.